The van der Waals surface area contributed by atoms with Crippen LogP contribution in [0.4, 0.5) is 5.69 Å². The minimum Gasteiger partial charge on any atom is -0.454 e. The van der Waals surface area contributed by atoms with Crippen molar-refractivity contribution in [2.45, 2.75) is 26.4 Å². The molecule has 6 nitrogen and oxygen atoms in total. The molecule has 1 amide bonds. The highest BCUT2D eigenvalue weighted by Gasteiger charge is 2.28. The molecular formula is C27H23N3O3. The van der Waals surface area contributed by atoms with Crippen LogP contribution in [0, 0.1) is 13.8 Å². The molecule has 0 radical (unpaired) electrons. The average Bonchev–Trinajstić information content (AvgIpc) is 3.13. The maximum Gasteiger partial charge on any atom is 0.339 e. The number of nitrogens with one attached hydrogen (secondary N) is 1. The summed E-state index contributed by atoms with van der Waals surface area (Å²) >= 11 is 0. The van der Waals surface area contributed by atoms with E-state index in [9.17, 15) is 9.59 Å². The van der Waals surface area contributed by atoms with Crippen molar-refractivity contribution in [2.75, 3.05) is 5.32 Å². The van der Waals surface area contributed by atoms with Gasteiger partial charge in [0.05, 0.1) is 28.3 Å². The van der Waals surface area contributed by atoms with E-state index in [1.165, 1.54) is 0 Å². The van der Waals surface area contributed by atoms with E-state index in [0.29, 0.717) is 23.2 Å². The summed E-state index contributed by atoms with van der Waals surface area (Å²) in [6.45, 7) is 3.80. The number of rotatable bonds is 4. The summed E-state index contributed by atoms with van der Waals surface area (Å²) in [5.41, 5.74) is 5.92. The van der Waals surface area contributed by atoms with E-state index in [2.05, 4.69) is 10.4 Å². The summed E-state index contributed by atoms with van der Waals surface area (Å²) in [5.74, 6) is -0.611. The van der Waals surface area contributed by atoms with E-state index in [4.69, 9.17) is 4.74 Å². The molecule has 2 heterocycles. The average molecular weight is 437 g/mol. The highest BCUT2D eigenvalue weighted by molar-refractivity contribution is 6.06. The zero-order valence-electron chi connectivity index (χ0n) is 18.4. The number of para-hydroxylation sites is 1. The molecule has 1 atom stereocenters. The number of hydrogen-bond donors (Lipinski definition) is 1. The summed E-state index contributed by atoms with van der Waals surface area (Å²) in [4.78, 5) is 25.7. The Morgan fingerprint density at radius 2 is 1.70 bits per heavy atom. The number of fused-ring (bicyclic) bond motifs is 1. The number of cyclic esters (lactones) is 1. The highest BCUT2D eigenvalue weighted by atomic mass is 16.5. The lowest BCUT2D eigenvalue weighted by Gasteiger charge is -2.25. The lowest BCUT2D eigenvalue weighted by Crippen LogP contribution is -2.23. The fourth-order valence-electron chi connectivity index (χ4n) is 4.22. The Kier molecular flexibility index (Phi) is 5.26. The van der Waals surface area contributed by atoms with E-state index in [0.717, 1.165) is 28.2 Å². The number of benzene rings is 3. The van der Waals surface area contributed by atoms with E-state index in [1.807, 2.05) is 79.2 Å². The molecule has 6 heteroatoms. The lowest BCUT2D eigenvalue weighted by atomic mass is 9.93. The first-order valence-corrected chi connectivity index (χ1v) is 10.8. The molecule has 1 unspecified atom stereocenters. The van der Waals surface area contributed by atoms with Crippen LogP contribution in [0.1, 0.15) is 49.3 Å². The van der Waals surface area contributed by atoms with Gasteiger partial charge in [0.2, 0.25) is 0 Å². The second-order valence-corrected chi connectivity index (χ2v) is 8.13. The number of nitrogens with zero attached hydrogens (tertiary/aromatic N) is 2. The van der Waals surface area contributed by atoms with Crippen LogP contribution in [-0.4, -0.2) is 21.7 Å². The number of aromatic nitrogens is 2. The highest BCUT2D eigenvalue weighted by Crippen LogP contribution is 2.31. The zero-order chi connectivity index (χ0) is 22.9. The third kappa shape index (κ3) is 3.91. The van der Waals surface area contributed by atoms with Gasteiger partial charge in [-0.1, -0.05) is 48.5 Å². The molecule has 0 fully saturated rings. The fourth-order valence-corrected chi connectivity index (χ4v) is 4.22. The van der Waals surface area contributed by atoms with Crippen LogP contribution in [0.3, 0.4) is 0 Å². The van der Waals surface area contributed by atoms with Gasteiger partial charge in [0.15, 0.2) is 0 Å². The molecule has 164 valence electrons. The van der Waals surface area contributed by atoms with Gasteiger partial charge in [-0.3, -0.25) is 4.79 Å². The monoisotopic (exact) mass is 437 g/mol. The van der Waals surface area contributed by atoms with E-state index in [1.54, 1.807) is 18.2 Å². The summed E-state index contributed by atoms with van der Waals surface area (Å²) in [5, 5.41) is 7.60. The molecule has 1 aliphatic rings. The summed E-state index contributed by atoms with van der Waals surface area (Å²) in [6.07, 6.45) is 0.161. The molecule has 1 aliphatic heterocycles. The Bertz CT molecular complexity index is 1340. The van der Waals surface area contributed by atoms with Crippen molar-refractivity contribution in [3.8, 4) is 5.69 Å². The topological polar surface area (TPSA) is 73.2 Å². The van der Waals surface area contributed by atoms with E-state index in [-0.39, 0.29) is 18.0 Å². The smallest absolute Gasteiger partial charge is 0.339 e. The number of aryl methyl sites for hydroxylation is 1. The van der Waals surface area contributed by atoms with E-state index < -0.39 is 0 Å². The number of hydrogen-bond acceptors (Lipinski definition) is 4. The molecule has 0 aliphatic carbocycles. The first kappa shape index (κ1) is 20.7. The predicted octanol–water partition coefficient (Wildman–Crippen LogP) is 5.20. The van der Waals surface area contributed by atoms with Crippen LogP contribution in [0.15, 0.2) is 78.9 Å². The maximum atomic E-state index is 13.1. The molecule has 5 rings (SSSR count). The van der Waals surface area contributed by atoms with Crippen molar-refractivity contribution >= 4 is 17.6 Å². The Morgan fingerprint density at radius 1 is 1.00 bits per heavy atom. The van der Waals surface area contributed by atoms with Gasteiger partial charge in [0.25, 0.3) is 5.91 Å². The summed E-state index contributed by atoms with van der Waals surface area (Å²) in [6, 6.07) is 24.5. The number of anilines is 1. The van der Waals surface area contributed by atoms with Crippen molar-refractivity contribution < 1.29 is 14.3 Å². The molecule has 3 aromatic carbocycles. The first-order chi connectivity index (χ1) is 16.0. The van der Waals surface area contributed by atoms with Crippen molar-refractivity contribution in [3.05, 3.63) is 113 Å². The SMILES string of the molecule is Cc1nn(-c2ccccc2)c(C)c1NC(=O)c1ccc2c(c1)CC(c1ccccc1)OC2=O. The standard InChI is InChI=1S/C27H23N3O3/c1-17-25(18(2)30(29-17)22-11-7-4-8-12-22)28-26(31)20-13-14-23-21(15-20)16-24(33-27(23)32)19-9-5-3-6-10-19/h3-15,24H,16H2,1-2H3,(H,28,31). The molecule has 0 saturated heterocycles. The Balaban J connectivity index is 1.41. The number of esters is 1. The molecule has 4 aromatic rings. The van der Waals surface area contributed by atoms with Crippen molar-refractivity contribution in [1.82, 2.24) is 9.78 Å². The van der Waals surface area contributed by atoms with Crippen LogP contribution in [0.5, 0.6) is 0 Å². The third-order valence-electron chi connectivity index (χ3n) is 5.94. The van der Waals surface area contributed by atoms with Crippen molar-refractivity contribution in [3.63, 3.8) is 0 Å². The largest absolute Gasteiger partial charge is 0.454 e. The van der Waals surface area contributed by atoms with Gasteiger partial charge in [-0.15, -0.1) is 0 Å². The Labute approximate surface area is 191 Å². The van der Waals surface area contributed by atoms with Gasteiger partial charge in [0.1, 0.15) is 6.10 Å². The third-order valence-corrected chi connectivity index (χ3v) is 5.94. The van der Waals surface area contributed by atoms with Gasteiger partial charge in [-0.25, -0.2) is 9.48 Å². The van der Waals surface area contributed by atoms with Crippen LogP contribution in [-0.2, 0) is 11.2 Å². The van der Waals surface area contributed by atoms with Crippen LogP contribution >= 0.6 is 0 Å². The first-order valence-electron chi connectivity index (χ1n) is 10.8. The number of carbonyl (C=O) groups excluding carboxylic acids is 2. The van der Waals surface area contributed by atoms with Crippen molar-refractivity contribution in [1.29, 1.82) is 0 Å². The molecule has 1 N–H and O–H groups in total. The Morgan fingerprint density at radius 3 is 2.42 bits per heavy atom. The normalized spacial score (nSPS) is 15.0. The second kappa shape index (κ2) is 8.39. The van der Waals surface area contributed by atoms with Gasteiger partial charge in [-0.2, -0.15) is 5.10 Å². The predicted molar refractivity (Wildman–Crippen MR) is 126 cm³/mol. The summed E-state index contributed by atoms with van der Waals surface area (Å²) < 4.78 is 7.44. The molecule has 0 bridgehead atoms. The zero-order valence-corrected chi connectivity index (χ0v) is 18.4. The van der Waals surface area contributed by atoms with Crippen LogP contribution in [0.25, 0.3) is 5.69 Å². The maximum absolute atomic E-state index is 13.1. The Hall–Kier alpha value is -4.19. The van der Waals surface area contributed by atoms with Crippen LogP contribution < -0.4 is 5.32 Å². The lowest BCUT2D eigenvalue weighted by molar-refractivity contribution is 0.0252. The van der Waals surface area contributed by atoms with Gasteiger partial charge in [-0.05, 0) is 55.3 Å². The number of carbonyl (C=O) groups is 2. The quantitative estimate of drug-likeness (QED) is 0.446. The van der Waals surface area contributed by atoms with Gasteiger partial charge < -0.3 is 10.1 Å². The van der Waals surface area contributed by atoms with Gasteiger partial charge >= 0.3 is 5.97 Å². The minimum atomic E-state index is -0.368. The minimum absolute atomic E-state index is 0.244. The van der Waals surface area contributed by atoms with E-state index >= 15 is 0 Å². The molecule has 1 aromatic heterocycles. The number of amides is 1. The second-order valence-electron chi connectivity index (χ2n) is 8.13. The number of ether oxygens (including phenoxy) is 1. The van der Waals surface area contributed by atoms with Crippen LogP contribution in [0.2, 0.25) is 0 Å². The molecule has 0 spiro atoms. The van der Waals surface area contributed by atoms with Gasteiger partial charge in [0, 0.05) is 12.0 Å². The van der Waals surface area contributed by atoms with Crippen molar-refractivity contribution in [2.24, 2.45) is 0 Å². The fraction of sp³-hybridized carbons (Fsp3) is 0.148. The molecule has 33 heavy (non-hydrogen) atoms. The molecular weight excluding hydrogens is 414 g/mol. The molecule has 0 saturated carbocycles. The summed E-state index contributed by atoms with van der Waals surface area (Å²) in [7, 11) is 0.